The number of halogens is 1. The fourth-order valence-electron chi connectivity index (χ4n) is 2.70. The van der Waals surface area contributed by atoms with Crippen molar-refractivity contribution in [2.24, 2.45) is 5.92 Å². The van der Waals surface area contributed by atoms with E-state index in [-0.39, 0.29) is 11.9 Å². The van der Waals surface area contributed by atoms with Gasteiger partial charge in [-0.05, 0) is 62.9 Å². The zero-order chi connectivity index (χ0) is 14.4. The van der Waals surface area contributed by atoms with Crippen molar-refractivity contribution >= 4 is 0 Å². The summed E-state index contributed by atoms with van der Waals surface area (Å²) in [5, 5.41) is 9.66. The third-order valence-electron chi connectivity index (χ3n) is 3.93. The maximum Gasteiger partial charge on any atom is 0.123 e. The molecule has 1 aliphatic rings. The van der Waals surface area contributed by atoms with Crippen LogP contribution in [0.2, 0.25) is 0 Å². The first-order chi connectivity index (χ1) is 9.65. The lowest BCUT2D eigenvalue weighted by molar-refractivity contribution is 0.0609. The van der Waals surface area contributed by atoms with Crippen LogP contribution in [0.15, 0.2) is 24.3 Å². The second-order valence-electron chi connectivity index (χ2n) is 5.60. The van der Waals surface area contributed by atoms with Crippen molar-refractivity contribution in [1.29, 1.82) is 0 Å². The zero-order valence-corrected chi connectivity index (χ0v) is 12.1. The number of hydrogen-bond donors (Lipinski definition) is 1. The Bertz CT molecular complexity index is 394. The molecule has 0 saturated carbocycles. The molecule has 2 rings (SSSR count). The average molecular weight is 281 g/mol. The van der Waals surface area contributed by atoms with Gasteiger partial charge < -0.3 is 14.7 Å². The van der Waals surface area contributed by atoms with Crippen LogP contribution in [-0.4, -0.2) is 42.4 Å². The molecule has 4 heteroatoms. The van der Waals surface area contributed by atoms with E-state index in [4.69, 9.17) is 4.74 Å². The fourth-order valence-corrected chi connectivity index (χ4v) is 2.70. The quantitative estimate of drug-likeness (QED) is 0.814. The van der Waals surface area contributed by atoms with Crippen LogP contribution in [0.25, 0.3) is 0 Å². The van der Waals surface area contributed by atoms with Crippen molar-refractivity contribution in [2.45, 2.75) is 32.3 Å². The predicted octanol–water partition coefficient (Wildman–Crippen LogP) is 2.69. The largest absolute Gasteiger partial charge is 0.494 e. The highest BCUT2D eigenvalue weighted by Gasteiger charge is 2.22. The van der Waals surface area contributed by atoms with Crippen LogP contribution >= 0.6 is 0 Å². The van der Waals surface area contributed by atoms with E-state index >= 15 is 0 Å². The molecule has 1 aromatic carbocycles. The van der Waals surface area contributed by atoms with Gasteiger partial charge in [-0.1, -0.05) is 0 Å². The molecule has 1 aromatic rings. The smallest absolute Gasteiger partial charge is 0.123 e. The van der Waals surface area contributed by atoms with Gasteiger partial charge in [0.2, 0.25) is 0 Å². The lowest BCUT2D eigenvalue weighted by atomic mass is 9.93. The minimum Gasteiger partial charge on any atom is -0.494 e. The summed E-state index contributed by atoms with van der Waals surface area (Å²) in [5.41, 5.74) is 0. The predicted molar refractivity (Wildman–Crippen MR) is 77.4 cm³/mol. The van der Waals surface area contributed by atoms with Gasteiger partial charge in [0, 0.05) is 13.1 Å². The molecule has 0 amide bonds. The first-order valence-electron chi connectivity index (χ1n) is 7.44. The van der Waals surface area contributed by atoms with Crippen molar-refractivity contribution in [3.63, 3.8) is 0 Å². The lowest BCUT2D eigenvalue weighted by Crippen LogP contribution is -2.40. The third-order valence-corrected chi connectivity index (χ3v) is 3.93. The Labute approximate surface area is 120 Å². The number of aliphatic hydroxyl groups is 1. The van der Waals surface area contributed by atoms with Crippen LogP contribution in [0, 0.1) is 11.7 Å². The topological polar surface area (TPSA) is 32.7 Å². The Balaban J connectivity index is 1.64. The first kappa shape index (κ1) is 15.3. The van der Waals surface area contributed by atoms with Gasteiger partial charge in [-0.25, -0.2) is 4.39 Å². The van der Waals surface area contributed by atoms with Gasteiger partial charge in [0.15, 0.2) is 0 Å². The molecular weight excluding hydrogens is 257 g/mol. The van der Waals surface area contributed by atoms with Gasteiger partial charge in [0.05, 0.1) is 12.7 Å². The SMILES string of the molecule is CC(O)C1CCCN(CCCOc2ccc(F)cc2)C1. The van der Waals surface area contributed by atoms with Crippen LogP contribution in [0.3, 0.4) is 0 Å². The summed E-state index contributed by atoms with van der Waals surface area (Å²) in [5.74, 6) is 0.878. The average Bonchev–Trinajstić information content (AvgIpc) is 2.46. The van der Waals surface area contributed by atoms with Gasteiger partial charge in [-0.15, -0.1) is 0 Å². The molecule has 112 valence electrons. The number of nitrogens with zero attached hydrogens (tertiary/aromatic N) is 1. The lowest BCUT2D eigenvalue weighted by Gasteiger charge is -2.34. The monoisotopic (exact) mass is 281 g/mol. The van der Waals surface area contributed by atoms with Crippen molar-refractivity contribution in [3.05, 3.63) is 30.1 Å². The molecule has 20 heavy (non-hydrogen) atoms. The number of likely N-dealkylation sites (tertiary alicyclic amines) is 1. The molecule has 1 aliphatic heterocycles. The Morgan fingerprint density at radius 3 is 2.85 bits per heavy atom. The van der Waals surface area contributed by atoms with Gasteiger partial charge in [0.1, 0.15) is 11.6 Å². The van der Waals surface area contributed by atoms with Crippen LogP contribution < -0.4 is 4.74 Å². The number of hydrogen-bond acceptors (Lipinski definition) is 3. The summed E-state index contributed by atoms with van der Waals surface area (Å²) in [6.45, 7) is 5.60. The second-order valence-corrected chi connectivity index (χ2v) is 5.60. The molecule has 1 heterocycles. The first-order valence-corrected chi connectivity index (χ1v) is 7.44. The Hall–Kier alpha value is -1.13. The Morgan fingerprint density at radius 1 is 1.40 bits per heavy atom. The van der Waals surface area contributed by atoms with Crippen LogP contribution in [0.1, 0.15) is 26.2 Å². The van der Waals surface area contributed by atoms with Crippen molar-refractivity contribution in [3.8, 4) is 5.75 Å². The summed E-state index contributed by atoms with van der Waals surface area (Å²) in [7, 11) is 0. The summed E-state index contributed by atoms with van der Waals surface area (Å²) < 4.78 is 18.3. The fraction of sp³-hybridized carbons (Fsp3) is 0.625. The second kappa shape index (κ2) is 7.60. The number of aliphatic hydroxyl groups excluding tert-OH is 1. The standard InChI is InChI=1S/C16H24FNO2/c1-13(19)14-4-2-9-18(12-14)10-3-11-20-16-7-5-15(17)6-8-16/h5-8,13-14,19H,2-4,9-12H2,1H3. The van der Waals surface area contributed by atoms with E-state index in [1.54, 1.807) is 12.1 Å². The van der Waals surface area contributed by atoms with E-state index in [0.717, 1.165) is 38.9 Å². The molecule has 2 atom stereocenters. The van der Waals surface area contributed by atoms with Gasteiger partial charge in [-0.3, -0.25) is 0 Å². The molecule has 3 nitrogen and oxygen atoms in total. The van der Waals surface area contributed by atoms with Crippen molar-refractivity contribution in [2.75, 3.05) is 26.2 Å². The minimum atomic E-state index is -0.241. The molecule has 1 fully saturated rings. The molecule has 2 unspecified atom stereocenters. The van der Waals surface area contributed by atoms with Crippen LogP contribution in [-0.2, 0) is 0 Å². The van der Waals surface area contributed by atoms with Gasteiger partial charge in [0.25, 0.3) is 0 Å². The van der Waals surface area contributed by atoms with E-state index in [1.165, 1.54) is 12.1 Å². The van der Waals surface area contributed by atoms with Crippen LogP contribution in [0.4, 0.5) is 4.39 Å². The number of rotatable bonds is 6. The molecule has 0 bridgehead atoms. The van der Waals surface area contributed by atoms with Gasteiger partial charge >= 0.3 is 0 Å². The molecule has 1 N–H and O–H groups in total. The molecule has 0 spiro atoms. The van der Waals surface area contributed by atoms with Crippen molar-refractivity contribution < 1.29 is 14.2 Å². The summed E-state index contributed by atoms with van der Waals surface area (Å²) in [6.07, 6.45) is 3.02. The normalized spacial score (nSPS) is 21.6. The molecule has 0 radical (unpaired) electrons. The zero-order valence-electron chi connectivity index (χ0n) is 12.1. The highest BCUT2D eigenvalue weighted by atomic mass is 19.1. The van der Waals surface area contributed by atoms with Gasteiger partial charge in [-0.2, -0.15) is 0 Å². The van der Waals surface area contributed by atoms with E-state index in [2.05, 4.69) is 4.90 Å². The highest BCUT2D eigenvalue weighted by molar-refractivity contribution is 5.21. The summed E-state index contributed by atoms with van der Waals surface area (Å²) in [4.78, 5) is 2.40. The maximum absolute atomic E-state index is 12.7. The molecule has 0 aliphatic carbocycles. The third kappa shape index (κ3) is 4.76. The summed E-state index contributed by atoms with van der Waals surface area (Å²) >= 11 is 0. The molecular formula is C16H24FNO2. The molecule has 0 aromatic heterocycles. The van der Waals surface area contributed by atoms with E-state index in [0.29, 0.717) is 18.3 Å². The van der Waals surface area contributed by atoms with Crippen LogP contribution in [0.5, 0.6) is 5.75 Å². The van der Waals surface area contributed by atoms with E-state index < -0.39 is 0 Å². The van der Waals surface area contributed by atoms with E-state index in [9.17, 15) is 9.50 Å². The number of piperidine rings is 1. The molecule has 1 saturated heterocycles. The maximum atomic E-state index is 12.7. The Morgan fingerprint density at radius 2 is 2.15 bits per heavy atom. The Kier molecular flexibility index (Phi) is 5.80. The number of benzene rings is 1. The highest BCUT2D eigenvalue weighted by Crippen LogP contribution is 2.19. The van der Waals surface area contributed by atoms with Crippen molar-refractivity contribution in [1.82, 2.24) is 4.90 Å². The minimum absolute atomic E-state index is 0.215. The number of ether oxygens (including phenoxy) is 1. The van der Waals surface area contributed by atoms with E-state index in [1.807, 2.05) is 6.92 Å². The summed E-state index contributed by atoms with van der Waals surface area (Å²) in [6, 6.07) is 6.12.